The Labute approximate surface area is 110 Å². The van der Waals surface area contributed by atoms with E-state index in [-0.39, 0.29) is 5.38 Å². The highest BCUT2D eigenvalue weighted by molar-refractivity contribution is 6.20. The number of halogens is 1. The van der Waals surface area contributed by atoms with Crippen LogP contribution in [0.5, 0.6) is 0 Å². The number of rotatable bonds is 7. The minimum absolute atomic E-state index is 0.0693. The Hall–Kier alpha value is -0.500. The van der Waals surface area contributed by atoms with E-state index in [1.165, 1.54) is 36.2 Å². The van der Waals surface area contributed by atoms with Crippen molar-refractivity contribution < 1.29 is 0 Å². The Morgan fingerprint density at radius 1 is 1.18 bits per heavy atom. The molecule has 0 aromatic carbocycles. The highest BCUT2D eigenvalue weighted by Crippen LogP contribution is 2.28. The molecule has 0 aliphatic heterocycles. The summed E-state index contributed by atoms with van der Waals surface area (Å²) in [6.07, 6.45) is 5.73. The molecule has 98 valence electrons. The molecule has 0 aliphatic rings. The summed E-state index contributed by atoms with van der Waals surface area (Å²) >= 11 is 6.29. The summed E-state index contributed by atoms with van der Waals surface area (Å²) in [5, 5.41) is 4.79. The van der Waals surface area contributed by atoms with Crippen LogP contribution in [0.2, 0.25) is 0 Å². The van der Waals surface area contributed by atoms with Crippen LogP contribution in [0.1, 0.15) is 69.3 Å². The van der Waals surface area contributed by atoms with Gasteiger partial charge in [-0.25, -0.2) is 0 Å². The van der Waals surface area contributed by atoms with Gasteiger partial charge in [0.05, 0.1) is 11.1 Å². The molecule has 17 heavy (non-hydrogen) atoms. The quantitative estimate of drug-likeness (QED) is 0.519. The van der Waals surface area contributed by atoms with Crippen LogP contribution in [0.3, 0.4) is 0 Å². The average molecular weight is 257 g/mol. The Kier molecular flexibility index (Phi) is 6.04. The maximum absolute atomic E-state index is 6.29. The Morgan fingerprint density at radius 2 is 1.88 bits per heavy atom. The van der Waals surface area contributed by atoms with Crippen LogP contribution in [-0.2, 0) is 19.4 Å². The molecule has 0 N–H and O–H groups in total. The van der Waals surface area contributed by atoms with Gasteiger partial charge in [0.2, 0.25) is 0 Å². The lowest BCUT2D eigenvalue weighted by molar-refractivity contribution is 0.531. The van der Waals surface area contributed by atoms with Gasteiger partial charge in [0.15, 0.2) is 0 Å². The van der Waals surface area contributed by atoms with Gasteiger partial charge in [-0.05, 0) is 26.2 Å². The Morgan fingerprint density at radius 3 is 2.35 bits per heavy atom. The van der Waals surface area contributed by atoms with E-state index < -0.39 is 0 Å². The molecule has 0 aliphatic carbocycles. The monoisotopic (exact) mass is 256 g/mol. The molecule has 1 rings (SSSR count). The fraction of sp³-hybridized carbons (Fsp3) is 0.786. The van der Waals surface area contributed by atoms with Crippen molar-refractivity contribution in [3.8, 4) is 0 Å². The number of nitrogens with zero attached hydrogens (tertiary/aromatic N) is 2. The summed E-state index contributed by atoms with van der Waals surface area (Å²) in [6, 6.07) is 0. The SMILES string of the molecule is CCCCCn1nc(CC)c(C(C)Cl)c1CC. The first-order valence-electron chi connectivity index (χ1n) is 6.88. The number of aromatic nitrogens is 2. The van der Waals surface area contributed by atoms with E-state index >= 15 is 0 Å². The van der Waals surface area contributed by atoms with E-state index in [1.807, 2.05) is 6.92 Å². The lowest BCUT2D eigenvalue weighted by Crippen LogP contribution is -2.05. The molecule has 0 amide bonds. The Bertz CT molecular complexity index is 342. The number of unbranched alkanes of at least 4 members (excludes halogenated alkanes) is 2. The van der Waals surface area contributed by atoms with Gasteiger partial charge in [-0.2, -0.15) is 5.10 Å². The van der Waals surface area contributed by atoms with E-state index in [2.05, 4.69) is 25.5 Å². The minimum Gasteiger partial charge on any atom is -0.269 e. The molecular formula is C14H25ClN2. The standard InChI is InChI=1S/C14H25ClN2/c1-5-8-9-10-17-13(7-3)14(11(4)15)12(6-2)16-17/h11H,5-10H2,1-4H3. The van der Waals surface area contributed by atoms with Gasteiger partial charge in [-0.1, -0.05) is 33.6 Å². The van der Waals surface area contributed by atoms with Gasteiger partial charge in [-0.15, -0.1) is 11.6 Å². The second-order valence-electron chi connectivity index (χ2n) is 4.56. The number of aryl methyl sites for hydroxylation is 2. The fourth-order valence-corrected chi connectivity index (χ4v) is 2.61. The molecule has 0 fully saturated rings. The van der Waals surface area contributed by atoms with Crippen molar-refractivity contribution in [2.75, 3.05) is 0 Å². The highest BCUT2D eigenvalue weighted by atomic mass is 35.5. The van der Waals surface area contributed by atoms with E-state index in [0.29, 0.717) is 0 Å². The molecule has 3 heteroatoms. The molecule has 0 saturated heterocycles. The molecule has 0 spiro atoms. The third-order valence-corrected chi connectivity index (χ3v) is 3.43. The van der Waals surface area contributed by atoms with Crippen LogP contribution < -0.4 is 0 Å². The lowest BCUT2D eigenvalue weighted by Gasteiger charge is -2.08. The van der Waals surface area contributed by atoms with Crippen LogP contribution in [0.4, 0.5) is 0 Å². The predicted octanol–water partition coefficient (Wildman–Crippen LogP) is 4.50. The van der Waals surface area contributed by atoms with Gasteiger partial charge in [0, 0.05) is 17.8 Å². The smallest absolute Gasteiger partial charge is 0.0671 e. The first-order valence-corrected chi connectivity index (χ1v) is 7.31. The zero-order valence-electron chi connectivity index (χ0n) is 11.6. The molecule has 1 aromatic heterocycles. The fourth-order valence-electron chi connectivity index (χ4n) is 2.36. The normalized spacial score (nSPS) is 13.0. The summed E-state index contributed by atoms with van der Waals surface area (Å²) in [5.41, 5.74) is 3.79. The first kappa shape index (κ1) is 14.6. The van der Waals surface area contributed by atoms with Gasteiger partial charge < -0.3 is 0 Å². The van der Waals surface area contributed by atoms with Gasteiger partial charge >= 0.3 is 0 Å². The molecule has 1 atom stereocenters. The summed E-state index contributed by atoms with van der Waals surface area (Å²) in [4.78, 5) is 0. The van der Waals surface area contributed by atoms with Crippen molar-refractivity contribution in [2.24, 2.45) is 0 Å². The van der Waals surface area contributed by atoms with E-state index in [9.17, 15) is 0 Å². The Balaban J connectivity index is 2.96. The summed E-state index contributed by atoms with van der Waals surface area (Å²) in [7, 11) is 0. The molecule has 1 heterocycles. The second kappa shape index (κ2) is 7.05. The van der Waals surface area contributed by atoms with Crippen LogP contribution in [-0.4, -0.2) is 9.78 Å². The maximum Gasteiger partial charge on any atom is 0.0671 e. The zero-order valence-corrected chi connectivity index (χ0v) is 12.3. The van der Waals surface area contributed by atoms with E-state index in [0.717, 1.165) is 19.4 Å². The summed E-state index contributed by atoms with van der Waals surface area (Å²) < 4.78 is 2.18. The van der Waals surface area contributed by atoms with Crippen molar-refractivity contribution in [2.45, 2.75) is 71.7 Å². The number of hydrogen-bond donors (Lipinski definition) is 0. The van der Waals surface area contributed by atoms with Gasteiger partial charge in [0.1, 0.15) is 0 Å². The zero-order chi connectivity index (χ0) is 12.8. The summed E-state index contributed by atoms with van der Waals surface area (Å²) in [5.74, 6) is 0. The number of alkyl halides is 1. The largest absolute Gasteiger partial charge is 0.269 e. The molecular weight excluding hydrogens is 232 g/mol. The predicted molar refractivity (Wildman–Crippen MR) is 74.8 cm³/mol. The average Bonchev–Trinajstić information content (AvgIpc) is 2.67. The molecule has 0 radical (unpaired) electrons. The lowest BCUT2D eigenvalue weighted by atomic mass is 10.1. The number of hydrogen-bond acceptors (Lipinski definition) is 1. The maximum atomic E-state index is 6.29. The van der Waals surface area contributed by atoms with Gasteiger partial charge in [-0.3, -0.25) is 4.68 Å². The van der Waals surface area contributed by atoms with Crippen molar-refractivity contribution in [3.63, 3.8) is 0 Å². The van der Waals surface area contributed by atoms with Crippen LogP contribution in [0, 0.1) is 0 Å². The van der Waals surface area contributed by atoms with Crippen LogP contribution in [0.25, 0.3) is 0 Å². The third-order valence-electron chi connectivity index (χ3n) is 3.22. The molecule has 1 unspecified atom stereocenters. The van der Waals surface area contributed by atoms with E-state index in [1.54, 1.807) is 0 Å². The first-order chi connectivity index (χ1) is 8.15. The van der Waals surface area contributed by atoms with Crippen LogP contribution in [0.15, 0.2) is 0 Å². The van der Waals surface area contributed by atoms with Crippen molar-refractivity contribution >= 4 is 11.6 Å². The molecule has 0 bridgehead atoms. The van der Waals surface area contributed by atoms with E-state index in [4.69, 9.17) is 16.7 Å². The van der Waals surface area contributed by atoms with Crippen LogP contribution >= 0.6 is 11.6 Å². The van der Waals surface area contributed by atoms with Crippen molar-refractivity contribution in [3.05, 3.63) is 17.0 Å². The molecule has 2 nitrogen and oxygen atoms in total. The highest BCUT2D eigenvalue weighted by Gasteiger charge is 2.18. The topological polar surface area (TPSA) is 17.8 Å². The molecule has 0 saturated carbocycles. The van der Waals surface area contributed by atoms with Crippen molar-refractivity contribution in [1.29, 1.82) is 0 Å². The van der Waals surface area contributed by atoms with Gasteiger partial charge in [0.25, 0.3) is 0 Å². The summed E-state index contributed by atoms with van der Waals surface area (Å²) in [6.45, 7) is 9.66. The molecule has 1 aromatic rings. The second-order valence-corrected chi connectivity index (χ2v) is 5.22. The third kappa shape index (κ3) is 3.48. The minimum atomic E-state index is 0.0693. The van der Waals surface area contributed by atoms with Crippen molar-refractivity contribution in [1.82, 2.24) is 9.78 Å².